The zero-order chi connectivity index (χ0) is 15.8. The van der Waals surface area contributed by atoms with Crippen LogP contribution in [0.5, 0.6) is 11.5 Å². The van der Waals surface area contributed by atoms with Gasteiger partial charge in [-0.1, -0.05) is 6.07 Å². The molecule has 6 heteroatoms. The van der Waals surface area contributed by atoms with Gasteiger partial charge in [0.25, 0.3) is 0 Å². The highest BCUT2D eigenvalue weighted by Crippen LogP contribution is 2.32. The number of hydrogen-bond acceptors (Lipinski definition) is 3. The molecule has 0 fully saturated rings. The molecule has 2 aliphatic heterocycles. The van der Waals surface area contributed by atoms with Gasteiger partial charge in [-0.25, -0.2) is 0 Å². The van der Waals surface area contributed by atoms with Crippen molar-refractivity contribution in [3.8, 4) is 11.5 Å². The third-order valence-corrected chi connectivity index (χ3v) is 4.86. The van der Waals surface area contributed by atoms with E-state index in [-0.39, 0.29) is 6.04 Å². The molecule has 0 unspecified atom stereocenters. The summed E-state index contributed by atoms with van der Waals surface area (Å²) in [4.78, 5) is 2.25. The van der Waals surface area contributed by atoms with E-state index in [1.807, 2.05) is 18.2 Å². The average molecular weight is 329 g/mol. The Morgan fingerprint density at radius 2 is 2.13 bits per heavy atom. The summed E-state index contributed by atoms with van der Waals surface area (Å²) in [6.07, 6.45) is 2.13. The summed E-state index contributed by atoms with van der Waals surface area (Å²) in [6.45, 7) is 5.07. The maximum absolute atomic E-state index is 5.60. The number of hydrogen-bond donors (Lipinski definition) is 1. The van der Waals surface area contributed by atoms with Crippen molar-refractivity contribution in [2.24, 2.45) is 0 Å². The molecule has 0 amide bonds. The summed E-state index contributed by atoms with van der Waals surface area (Å²) < 4.78 is 13.0. The predicted molar refractivity (Wildman–Crippen MR) is 91.6 cm³/mol. The highest BCUT2D eigenvalue weighted by Gasteiger charge is 2.25. The third-order valence-electron chi connectivity index (χ3n) is 4.48. The van der Waals surface area contributed by atoms with Crippen LogP contribution in [0, 0.1) is 0 Å². The van der Waals surface area contributed by atoms with Gasteiger partial charge in [0, 0.05) is 31.5 Å². The Bertz CT molecular complexity index is 743. The first-order chi connectivity index (χ1) is 11.2. The lowest BCUT2D eigenvalue weighted by molar-refractivity contribution is 0.174. The normalized spacial score (nSPS) is 18.7. The molecule has 0 aliphatic carbocycles. The third kappa shape index (κ3) is 2.63. The van der Waals surface area contributed by atoms with Crippen LogP contribution in [0.15, 0.2) is 36.5 Å². The second kappa shape index (κ2) is 5.77. The molecule has 0 bridgehead atoms. The molecule has 120 valence electrons. The molecule has 1 aromatic carbocycles. The number of thiocarbonyl (C=S) groups is 1. The standard InChI is InChI=1S/C17H19N3O2S/c1-12-14-3-2-6-19(14)7-8-20(12)17(23)18-10-13-4-5-15-16(9-13)22-11-21-15/h2-6,9,12H,7-8,10-11H2,1H3,(H,18,23)/t12-/m1/s1. The predicted octanol–water partition coefficient (Wildman–Crippen LogP) is 2.67. The number of nitrogens with one attached hydrogen (secondary N) is 1. The van der Waals surface area contributed by atoms with Gasteiger partial charge >= 0.3 is 0 Å². The molecule has 4 rings (SSSR count). The lowest BCUT2D eigenvalue weighted by atomic mass is 10.1. The van der Waals surface area contributed by atoms with E-state index < -0.39 is 0 Å². The van der Waals surface area contributed by atoms with Crippen molar-refractivity contribution in [3.05, 3.63) is 47.8 Å². The van der Waals surface area contributed by atoms with Crippen LogP contribution in [0.1, 0.15) is 24.2 Å². The largest absolute Gasteiger partial charge is 0.454 e. The summed E-state index contributed by atoms with van der Waals surface area (Å²) in [5.74, 6) is 1.61. The van der Waals surface area contributed by atoms with Crippen molar-refractivity contribution in [1.82, 2.24) is 14.8 Å². The van der Waals surface area contributed by atoms with Gasteiger partial charge in [-0.2, -0.15) is 0 Å². The van der Waals surface area contributed by atoms with E-state index in [2.05, 4.69) is 40.0 Å². The summed E-state index contributed by atoms with van der Waals surface area (Å²) in [5, 5.41) is 4.16. The molecule has 0 radical (unpaired) electrons. The molecular formula is C17H19N3O2S. The van der Waals surface area contributed by atoms with Gasteiger partial charge in [-0.15, -0.1) is 0 Å². The van der Waals surface area contributed by atoms with Crippen molar-refractivity contribution in [1.29, 1.82) is 0 Å². The monoisotopic (exact) mass is 329 g/mol. The average Bonchev–Trinajstić information content (AvgIpc) is 3.21. The van der Waals surface area contributed by atoms with Gasteiger partial charge < -0.3 is 24.3 Å². The maximum Gasteiger partial charge on any atom is 0.231 e. The summed E-state index contributed by atoms with van der Waals surface area (Å²) in [7, 11) is 0. The first-order valence-electron chi connectivity index (χ1n) is 7.80. The van der Waals surface area contributed by atoms with E-state index in [1.165, 1.54) is 5.69 Å². The molecule has 1 N–H and O–H groups in total. The van der Waals surface area contributed by atoms with E-state index in [0.29, 0.717) is 13.3 Å². The van der Waals surface area contributed by atoms with Crippen LogP contribution in [0.3, 0.4) is 0 Å². The Morgan fingerprint density at radius 1 is 1.26 bits per heavy atom. The lowest BCUT2D eigenvalue weighted by Crippen LogP contribution is -2.45. The van der Waals surface area contributed by atoms with Crippen molar-refractivity contribution in [3.63, 3.8) is 0 Å². The van der Waals surface area contributed by atoms with Crippen molar-refractivity contribution < 1.29 is 9.47 Å². The number of rotatable bonds is 2. The molecule has 5 nitrogen and oxygen atoms in total. The van der Waals surface area contributed by atoms with Gasteiger partial charge in [0.05, 0.1) is 6.04 Å². The molecule has 0 spiro atoms. The molecule has 1 aromatic heterocycles. The van der Waals surface area contributed by atoms with E-state index in [4.69, 9.17) is 21.7 Å². The van der Waals surface area contributed by atoms with Gasteiger partial charge in [0.1, 0.15) is 0 Å². The quantitative estimate of drug-likeness (QED) is 0.858. The first kappa shape index (κ1) is 14.4. The Balaban J connectivity index is 1.41. The van der Waals surface area contributed by atoms with Gasteiger partial charge in [-0.05, 0) is 49.0 Å². The second-order valence-corrected chi connectivity index (χ2v) is 6.23. The summed E-state index contributed by atoms with van der Waals surface area (Å²) >= 11 is 5.60. The summed E-state index contributed by atoms with van der Waals surface area (Å²) in [5.41, 5.74) is 2.44. The van der Waals surface area contributed by atoms with E-state index in [1.54, 1.807) is 0 Å². The minimum Gasteiger partial charge on any atom is -0.454 e. The Kier molecular flexibility index (Phi) is 3.61. The Hall–Kier alpha value is -2.21. The van der Waals surface area contributed by atoms with Crippen molar-refractivity contribution in [2.75, 3.05) is 13.3 Å². The number of fused-ring (bicyclic) bond motifs is 2. The zero-order valence-corrected chi connectivity index (χ0v) is 13.8. The van der Waals surface area contributed by atoms with Crippen LogP contribution in [-0.4, -0.2) is 27.9 Å². The Labute approximate surface area is 140 Å². The van der Waals surface area contributed by atoms with Gasteiger partial charge in [0.2, 0.25) is 6.79 Å². The van der Waals surface area contributed by atoms with Crippen molar-refractivity contribution >= 4 is 17.3 Å². The second-order valence-electron chi connectivity index (χ2n) is 5.84. The molecule has 2 aromatic rings. The molecule has 1 atom stereocenters. The molecular weight excluding hydrogens is 310 g/mol. The molecule has 0 saturated carbocycles. The van der Waals surface area contributed by atoms with E-state index in [0.717, 1.165) is 35.3 Å². The van der Waals surface area contributed by atoms with Crippen LogP contribution >= 0.6 is 12.2 Å². The van der Waals surface area contributed by atoms with Crippen LogP contribution in [-0.2, 0) is 13.1 Å². The smallest absolute Gasteiger partial charge is 0.231 e. The molecule has 0 saturated heterocycles. The fourth-order valence-electron chi connectivity index (χ4n) is 3.19. The van der Waals surface area contributed by atoms with Gasteiger partial charge in [-0.3, -0.25) is 0 Å². The number of nitrogens with zero attached hydrogens (tertiary/aromatic N) is 2. The zero-order valence-electron chi connectivity index (χ0n) is 13.0. The lowest BCUT2D eigenvalue weighted by Gasteiger charge is -2.36. The van der Waals surface area contributed by atoms with E-state index >= 15 is 0 Å². The fourth-order valence-corrected chi connectivity index (χ4v) is 3.51. The van der Waals surface area contributed by atoms with Crippen LogP contribution in [0.2, 0.25) is 0 Å². The number of benzene rings is 1. The summed E-state index contributed by atoms with van der Waals surface area (Å²) in [6, 6.07) is 10.5. The molecule has 3 heterocycles. The van der Waals surface area contributed by atoms with Crippen LogP contribution in [0.25, 0.3) is 0 Å². The highest BCUT2D eigenvalue weighted by molar-refractivity contribution is 7.80. The topological polar surface area (TPSA) is 38.7 Å². The van der Waals surface area contributed by atoms with Crippen LogP contribution < -0.4 is 14.8 Å². The van der Waals surface area contributed by atoms with Gasteiger partial charge in [0.15, 0.2) is 16.6 Å². The maximum atomic E-state index is 5.60. The molecule has 2 aliphatic rings. The SMILES string of the molecule is C[C@@H]1c2cccn2CCN1C(=S)NCc1ccc2c(c1)OCO2. The van der Waals surface area contributed by atoms with E-state index in [9.17, 15) is 0 Å². The minimum atomic E-state index is 0.288. The number of aromatic nitrogens is 1. The number of ether oxygens (including phenoxy) is 2. The molecule has 23 heavy (non-hydrogen) atoms. The van der Waals surface area contributed by atoms with Crippen LogP contribution in [0.4, 0.5) is 0 Å². The minimum absolute atomic E-state index is 0.288. The Morgan fingerprint density at radius 3 is 3.04 bits per heavy atom. The first-order valence-corrected chi connectivity index (χ1v) is 8.21. The fraction of sp³-hybridized carbons (Fsp3) is 0.353. The van der Waals surface area contributed by atoms with Crippen molar-refractivity contribution in [2.45, 2.75) is 26.1 Å². The highest BCUT2D eigenvalue weighted by atomic mass is 32.1.